The summed E-state index contributed by atoms with van der Waals surface area (Å²) in [5, 5.41) is 4.31. The number of rotatable bonds is 8. The fourth-order valence-corrected chi connectivity index (χ4v) is 4.31. The lowest BCUT2D eigenvalue weighted by Crippen LogP contribution is -2.26. The van der Waals surface area contributed by atoms with Gasteiger partial charge in [-0.1, -0.05) is 48.3 Å². The Morgan fingerprint density at radius 2 is 1.96 bits per heavy atom. The predicted molar refractivity (Wildman–Crippen MR) is 108 cm³/mol. The average Bonchev–Trinajstić information content (AvgIpc) is 2.57. The molecule has 0 aliphatic rings. The number of carbonyl (C=O) groups excluding carboxylic acids is 1. The van der Waals surface area contributed by atoms with Gasteiger partial charge in [0.1, 0.15) is 0 Å². The predicted octanol–water partition coefficient (Wildman–Crippen LogP) is 5.77. The van der Waals surface area contributed by atoms with E-state index in [1.54, 1.807) is 29.6 Å². The van der Waals surface area contributed by atoms with Gasteiger partial charge < -0.3 is 5.32 Å². The van der Waals surface area contributed by atoms with E-state index in [1.807, 2.05) is 36.4 Å². The second kappa shape index (κ2) is 10.2. The van der Waals surface area contributed by atoms with Crippen molar-refractivity contribution >= 4 is 52.6 Å². The first-order chi connectivity index (χ1) is 11.6. The van der Waals surface area contributed by atoms with Crippen molar-refractivity contribution < 1.29 is 4.79 Å². The number of nitrogens with one attached hydrogen (secondary N) is 1. The molecular formula is C18H19Cl2NOS2. The van der Waals surface area contributed by atoms with Crippen LogP contribution in [-0.4, -0.2) is 24.0 Å². The number of thioether (sulfide) groups is 2. The zero-order chi connectivity index (χ0) is 17.4. The molecule has 0 heterocycles. The molecule has 0 atom stereocenters. The molecule has 128 valence electrons. The van der Waals surface area contributed by atoms with Crippen molar-refractivity contribution in [2.45, 2.75) is 17.6 Å². The van der Waals surface area contributed by atoms with Crippen LogP contribution in [0.25, 0.3) is 0 Å². The lowest BCUT2D eigenvalue weighted by molar-refractivity contribution is 0.0953. The smallest absolute Gasteiger partial charge is 0.252 e. The molecule has 0 unspecified atom stereocenters. The second-order valence-electron chi connectivity index (χ2n) is 4.97. The van der Waals surface area contributed by atoms with E-state index in [4.69, 9.17) is 23.2 Å². The molecule has 0 aromatic heterocycles. The van der Waals surface area contributed by atoms with Crippen molar-refractivity contribution in [3.05, 3.63) is 63.6 Å². The summed E-state index contributed by atoms with van der Waals surface area (Å²) < 4.78 is 0. The van der Waals surface area contributed by atoms with Crippen LogP contribution in [0.3, 0.4) is 0 Å². The van der Waals surface area contributed by atoms with E-state index in [0.717, 1.165) is 33.3 Å². The highest BCUT2D eigenvalue weighted by molar-refractivity contribution is 7.99. The van der Waals surface area contributed by atoms with E-state index in [1.165, 1.54) is 0 Å². The molecule has 6 heteroatoms. The van der Waals surface area contributed by atoms with Crippen molar-refractivity contribution in [2.75, 3.05) is 18.1 Å². The Balaban J connectivity index is 1.77. The Kier molecular flexibility index (Phi) is 8.33. The first kappa shape index (κ1) is 19.5. The van der Waals surface area contributed by atoms with Crippen LogP contribution in [0.15, 0.2) is 47.4 Å². The van der Waals surface area contributed by atoms with Gasteiger partial charge in [0.25, 0.3) is 5.91 Å². The Labute approximate surface area is 161 Å². The van der Waals surface area contributed by atoms with Gasteiger partial charge in [-0.25, -0.2) is 0 Å². The van der Waals surface area contributed by atoms with Gasteiger partial charge in [-0.3, -0.25) is 4.79 Å². The van der Waals surface area contributed by atoms with E-state index in [0.29, 0.717) is 16.6 Å². The van der Waals surface area contributed by atoms with Gasteiger partial charge >= 0.3 is 0 Å². The molecule has 0 aliphatic carbocycles. The summed E-state index contributed by atoms with van der Waals surface area (Å²) in [6.45, 7) is 2.71. The zero-order valence-electron chi connectivity index (χ0n) is 13.4. The third-order valence-electron chi connectivity index (χ3n) is 3.24. The van der Waals surface area contributed by atoms with Gasteiger partial charge in [-0.05, 0) is 35.6 Å². The molecule has 0 fully saturated rings. The van der Waals surface area contributed by atoms with Crippen molar-refractivity contribution in [3.8, 4) is 0 Å². The highest BCUT2D eigenvalue weighted by Crippen LogP contribution is 2.25. The maximum absolute atomic E-state index is 12.3. The molecule has 2 aromatic rings. The van der Waals surface area contributed by atoms with Crippen LogP contribution in [-0.2, 0) is 5.75 Å². The third kappa shape index (κ3) is 5.92. The minimum atomic E-state index is -0.0170. The summed E-state index contributed by atoms with van der Waals surface area (Å²) >= 11 is 15.5. The van der Waals surface area contributed by atoms with Crippen LogP contribution in [0.1, 0.15) is 22.8 Å². The molecule has 1 N–H and O–H groups in total. The van der Waals surface area contributed by atoms with Crippen LogP contribution in [0.2, 0.25) is 10.0 Å². The van der Waals surface area contributed by atoms with E-state index in [-0.39, 0.29) is 5.91 Å². The van der Waals surface area contributed by atoms with Crippen LogP contribution < -0.4 is 5.32 Å². The molecular weight excluding hydrogens is 381 g/mol. The first-order valence-corrected chi connectivity index (χ1v) is 10.5. The topological polar surface area (TPSA) is 29.1 Å². The lowest BCUT2D eigenvalue weighted by atomic mass is 10.2. The minimum absolute atomic E-state index is 0.0170. The van der Waals surface area contributed by atoms with E-state index in [9.17, 15) is 4.79 Å². The highest BCUT2D eigenvalue weighted by Gasteiger charge is 2.10. The van der Waals surface area contributed by atoms with Gasteiger partial charge in [0.15, 0.2) is 0 Å². The average molecular weight is 400 g/mol. The molecule has 1 amide bonds. The number of carbonyl (C=O) groups is 1. The van der Waals surface area contributed by atoms with Crippen molar-refractivity contribution in [1.29, 1.82) is 0 Å². The summed E-state index contributed by atoms with van der Waals surface area (Å²) in [5.74, 6) is 2.56. The molecule has 0 saturated carbocycles. The summed E-state index contributed by atoms with van der Waals surface area (Å²) in [4.78, 5) is 13.3. The second-order valence-corrected chi connectivity index (χ2v) is 8.23. The Morgan fingerprint density at radius 3 is 2.71 bits per heavy atom. The lowest BCUT2D eigenvalue weighted by Gasteiger charge is -2.09. The molecule has 0 saturated heterocycles. The van der Waals surface area contributed by atoms with Crippen molar-refractivity contribution in [2.24, 2.45) is 0 Å². The van der Waals surface area contributed by atoms with Gasteiger partial charge in [0.2, 0.25) is 0 Å². The maximum Gasteiger partial charge on any atom is 0.252 e. The first-order valence-electron chi connectivity index (χ1n) is 7.63. The fourth-order valence-electron chi connectivity index (χ4n) is 2.09. The van der Waals surface area contributed by atoms with Gasteiger partial charge in [-0.2, -0.15) is 11.8 Å². The summed E-state index contributed by atoms with van der Waals surface area (Å²) in [6.07, 6.45) is 0. The van der Waals surface area contributed by atoms with Gasteiger partial charge in [-0.15, -0.1) is 11.8 Å². The number of benzene rings is 2. The summed E-state index contributed by atoms with van der Waals surface area (Å²) in [6, 6.07) is 13.2. The van der Waals surface area contributed by atoms with Crippen molar-refractivity contribution in [1.82, 2.24) is 5.32 Å². The molecule has 0 aliphatic heterocycles. The number of hydrogen-bond donors (Lipinski definition) is 1. The monoisotopic (exact) mass is 399 g/mol. The SMILES string of the molecule is CCSc1ccccc1C(=O)NCCSCc1ccc(Cl)cc1Cl. The van der Waals surface area contributed by atoms with Gasteiger partial charge in [0, 0.05) is 33.0 Å². The Hall–Kier alpha value is -0.810. The number of amides is 1. The highest BCUT2D eigenvalue weighted by atomic mass is 35.5. The molecule has 2 aromatic carbocycles. The Morgan fingerprint density at radius 1 is 1.17 bits per heavy atom. The molecule has 24 heavy (non-hydrogen) atoms. The van der Waals surface area contributed by atoms with E-state index in [2.05, 4.69) is 12.2 Å². The number of halogens is 2. The van der Waals surface area contributed by atoms with Crippen LogP contribution in [0.4, 0.5) is 0 Å². The molecule has 2 rings (SSSR count). The van der Waals surface area contributed by atoms with Crippen molar-refractivity contribution in [3.63, 3.8) is 0 Å². The minimum Gasteiger partial charge on any atom is -0.351 e. The molecule has 0 spiro atoms. The van der Waals surface area contributed by atoms with E-state index < -0.39 is 0 Å². The van der Waals surface area contributed by atoms with Crippen LogP contribution in [0.5, 0.6) is 0 Å². The molecule has 0 radical (unpaired) electrons. The maximum atomic E-state index is 12.3. The van der Waals surface area contributed by atoms with Crippen LogP contribution >= 0.6 is 46.7 Å². The van der Waals surface area contributed by atoms with Gasteiger partial charge in [0.05, 0.1) is 5.56 Å². The van der Waals surface area contributed by atoms with Crippen LogP contribution in [0, 0.1) is 0 Å². The zero-order valence-corrected chi connectivity index (χ0v) is 16.5. The number of hydrogen-bond acceptors (Lipinski definition) is 3. The quantitative estimate of drug-likeness (QED) is 0.451. The Bertz CT molecular complexity index is 694. The standard InChI is InChI=1S/C18H19Cl2NOS2/c1-2-24-17-6-4-3-5-15(17)18(22)21-9-10-23-12-13-7-8-14(19)11-16(13)20/h3-8,11H,2,9-10,12H2,1H3,(H,21,22). The molecule has 2 nitrogen and oxygen atoms in total. The summed E-state index contributed by atoms with van der Waals surface area (Å²) in [7, 11) is 0. The third-order valence-corrected chi connectivity index (χ3v) is 5.79. The largest absolute Gasteiger partial charge is 0.351 e. The normalized spacial score (nSPS) is 10.6. The summed E-state index contributed by atoms with van der Waals surface area (Å²) in [5.41, 5.74) is 1.80. The van der Waals surface area contributed by atoms with E-state index >= 15 is 0 Å². The fraction of sp³-hybridized carbons (Fsp3) is 0.278. The molecule has 0 bridgehead atoms.